The molecular weight excluding hydrogens is 302 g/mol. The monoisotopic (exact) mass is 312 g/mol. The number of nitrogen functional groups attached to an aromatic ring is 1. The highest BCUT2D eigenvalue weighted by Gasteiger charge is 2.13. The van der Waals surface area contributed by atoms with Crippen LogP contribution in [0.2, 0.25) is 10.0 Å². The van der Waals surface area contributed by atoms with Crippen LogP contribution in [0.4, 0.5) is 15.8 Å². The summed E-state index contributed by atoms with van der Waals surface area (Å²) in [6, 6.07) is 8.97. The Balaban J connectivity index is 2.13. The first kappa shape index (κ1) is 14.6. The fourth-order valence-electron chi connectivity index (χ4n) is 1.70. The van der Waals surface area contributed by atoms with Crippen LogP contribution in [0.5, 0.6) is 0 Å². The molecule has 0 fully saturated rings. The van der Waals surface area contributed by atoms with Crippen molar-refractivity contribution in [2.45, 2.75) is 6.42 Å². The maximum absolute atomic E-state index is 13.6. The summed E-state index contributed by atoms with van der Waals surface area (Å²) in [7, 11) is 0. The molecule has 20 heavy (non-hydrogen) atoms. The van der Waals surface area contributed by atoms with E-state index in [1.165, 1.54) is 24.3 Å². The van der Waals surface area contributed by atoms with Crippen molar-refractivity contribution in [3.05, 3.63) is 57.8 Å². The van der Waals surface area contributed by atoms with Gasteiger partial charge in [-0.15, -0.1) is 0 Å². The number of nitrogens with two attached hydrogens (primary N) is 1. The molecule has 0 spiro atoms. The van der Waals surface area contributed by atoms with Crippen LogP contribution in [0.15, 0.2) is 36.4 Å². The van der Waals surface area contributed by atoms with Gasteiger partial charge in [-0.05, 0) is 30.3 Å². The molecule has 0 unspecified atom stereocenters. The Morgan fingerprint density at radius 2 is 2.00 bits per heavy atom. The average molecular weight is 313 g/mol. The zero-order valence-electron chi connectivity index (χ0n) is 10.3. The molecule has 0 bridgehead atoms. The first-order valence-corrected chi connectivity index (χ1v) is 6.50. The third-order valence-corrected chi connectivity index (χ3v) is 3.28. The minimum absolute atomic E-state index is 0.152. The van der Waals surface area contributed by atoms with Gasteiger partial charge in [0.15, 0.2) is 0 Å². The van der Waals surface area contributed by atoms with E-state index < -0.39 is 11.7 Å². The molecule has 0 aliphatic heterocycles. The molecule has 0 heterocycles. The smallest absolute Gasteiger partial charge is 0.229 e. The van der Waals surface area contributed by atoms with Gasteiger partial charge in [0.05, 0.1) is 17.8 Å². The van der Waals surface area contributed by atoms with E-state index in [-0.39, 0.29) is 17.0 Å². The van der Waals surface area contributed by atoms with Gasteiger partial charge in [-0.25, -0.2) is 4.39 Å². The number of rotatable bonds is 3. The Kier molecular flexibility index (Phi) is 4.47. The lowest BCUT2D eigenvalue weighted by Crippen LogP contribution is -2.16. The lowest BCUT2D eigenvalue weighted by Gasteiger charge is -2.09. The predicted molar refractivity (Wildman–Crippen MR) is 79.6 cm³/mol. The van der Waals surface area contributed by atoms with E-state index >= 15 is 0 Å². The molecular formula is C14H11Cl2FN2O. The molecule has 0 saturated heterocycles. The third kappa shape index (κ3) is 3.40. The Bertz CT molecular complexity index is 641. The van der Waals surface area contributed by atoms with E-state index in [0.29, 0.717) is 16.4 Å². The van der Waals surface area contributed by atoms with Gasteiger partial charge >= 0.3 is 0 Å². The first-order valence-electron chi connectivity index (χ1n) is 5.75. The molecule has 0 saturated carbocycles. The van der Waals surface area contributed by atoms with Crippen LogP contribution < -0.4 is 11.1 Å². The van der Waals surface area contributed by atoms with Crippen molar-refractivity contribution in [3.8, 4) is 0 Å². The van der Waals surface area contributed by atoms with Gasteiger partial charge in [0.1, 0.15) is 5.82 Å². The highest BCUT2D eigenvalue weighted by molar-refractivity contribution is 6.31. The fraction of sp³-hybridized carbons (Fsp3) is 0.0714. The molecule has 2 rings (SSSR count). The maximum Gasteiger partial charge on any atom is 0.229 e. The summed E-state index contributed by atoms with van der Waals surface area (Å²) < 4.78 is 13.6. The van der Waals surface area contributed by atoms with Crippen molar-refractivity contribution >= 4 is 40.5 Å². The second-order valence-corrected chi connectivity index (χ2v) is 5.00. The van der Waals surface area contributed by atoms with Crippen molar-refractivity contribution in [1.29, 1.82) is 0 Å². The highest BCUT2D eigenvalue weighted by Crippen LogP contribution is 2.24. The molecule has 6 heteroatoms. The van der Waals surface area contributed by atoms with E-state index in [9.17, 15) is 9.18 Å². The number of carbonyl (C=O) groups is 1. The Morgan fingerprint density at radius 1 is 1.25 bits per heavy atom. The van der Waals surface area contributed by atoms with Crippen molar-refractivity contribution in [2.24, 2.45) is 0 Å². The molecule has 0 aliphatic carbocycles. The zero-order valence-corrected chi connectivity index (χ0v) is 11.8. The normalized spacial score (nSPS) is 10.3. The maximum atomic E-state index is 13.6. The van der Waals surface area contributed by atoms with E-state index in [1.54, 1.807) is 12.1 Å². The number of carbonyl (C=O) groups excluding carboxylic acids is 1. The Morgan fingerprint density at radius 3 is 2.65 bits per heavy atom. The number of benzene rings is 2. The lowest BCUT2D eigenvalue weighted by molar-refractivity contribution is -0.115. The summed E-state index contributed by atoms with van der Waals surface area (Å²) in [6.45, 7) is 0. The van der Waals surface area contributed by atoms with E-state index in [1.807, 2.05) is 0 Å². The van der Waals surface area contributed by atoms with Gasteiger partial charge in [-0.2, -0.15) is 0 Å². The number of hydrogen-bond acceptors (Lipinski definition) is 2. The molecule has 3 N–H and O–H groups in total. The summed E-state index contributed by atoms with van der Waals surface area (Å²) in [4.78, 5) is 11.9. The second kappa shape index (κ2) is 6.11. The summed E-state index contributed by atoms with van der Waals surface area (Å²) in [6.07, 6.45) is -0.173. The summed E-state index contributed by atoms with van der Waals surface area (Å²) >= 11 is 11.6. The Labute approximate surface area is 125 Å². The number of anilines is 2. The van der Waals surface area contributed by atoms with Crippen molar-refractivity contribution in [1.82, 2.24) is 0 Å². The summed E-state index contributed by atoms with van der Waals surface area (Å²) in [5.41, 5.74) is 6.64. The molecule has 0 radical (unpaired) electrons. The molecule has 0 aliphatic rings. The largest absolute Gasteiger partial charge is 0.397 e. The van der Waals surface area contributed by atoms with E-state index in [4.69, 9.17) is 28.9 Å². The number of nitrogens with one attached hydrogen (secondary N) is 1. The Hall–Kier alpha value is -1.78. The first-order chi connectivity index (χ1) is 9.47. The van der Waals surface area contributed by atoms with Crippen molar-refractivity contribution < 1.29 is 9.18 Å². The molecule has 1 amide bonds. The van der Waals surface area contributed by atoms with Crippen molar-refractivity contribution in [2.75, 3.05) is 11.1 Å². The third-order valence-electron chi connectivity index (χ3n) is 2.69. The highest BCUT2D eigenvalue weighted by atomic mass is 35.5. The molecule has 0 aromatic heterocycles. The van der Waals surface area contributed by atoms with Gasteiger partial charge in [0.2, 0.25) is 5.91 Å². The van der Waals surface area contributed by atoms with Crippen LogP contribution in [0.1, 0.15) is 5.56 Å². The van der Waals surface area contributed by atoms with Crippen LogP contribution >= 0.6 is 23.2 Å². The summed E-state index contributed by atoms with van der Waals surface area (Å²) in [5.74, 6) is -0.928. The number of hydrogen-bond donors (Lipinski definition) is 2. The molecule has 0 atom stereocenters. The van der Waals surface area contributed by atoms with Crippen LogP contribution in [-0.2, 0) is 11.2 Å². The standard InChI is InChI=1S/C14H11Cl2FN2O/c15-8-4-5-13(12(18)6-8)19-14(20)7-9-10(16)2-1-3-11(9)17/h1-6H,7,18H2,(H,19,20). The van der Waals surface area contributed by atoms with Gasteiger partial charge in [-0.1, -0.05) is 29.3 Å². The molecule has 104 valence electrons. The quantitative estimate of drug-likeness (QED) is 0.845. The van der Waals surface area contributed by atoms with Crippen molar-refractivity contribution in [3.63, 3.8) is 0 Å². The second-order valence-electron chi connectivity index (χ2n) is 4.16. The zero-order chi connectivity index (χ0) is 14.7. The van der Waals surface area contributed by atoms with Gasteiger partial charge in [-0.3, -0.25) is 4.79 Å². The number of halogens is 3. The van der Waals surface area contributed by atoms with Gasteiger partial charge < -0.3 is 11.1 Å². The fourth-order valence-corrected chi connectivity index (χ4v) is 2.11. The lowest BCUT2D eigenvalue weighted by atomic mass is 10.1. The van der Waals surface area contributed by atoms with E-state index in [2.05, 4.69) is 5.32 Å². The molecule has 2 aromatic rings. The van der Waals surface area contributed by atoms with Crippen LogP contribution in [0.25, 0.3) is 0 Å². The van der Waals surface area contributed by atoms with Crippen LogP contribution in [0, 0.1) is 5.82 Å². The molecule has 3 nitrogen and oxygen atoms in total. The van der Waals surface area contributed by atoms with E-state index in [0.717, 1.165) is 0 Å². The summed E-state index contributed by atoms with van der Waals surface area (Å²) in [5, 5.41) is 3.27. The van der Waals surface area contributed by atoms with Gasteiger partial charge in [0.25, 0.3) is 0 Å². The molecule has 2 aromatic carbocycles. The minimum atomic E-state index is -0.517. The number of amides is 1. The SMILES string of the molecule is Nc1cc(Cl)ccc1NC(=O)Cc1c(F)cccc1Cl. The average Bonchev–Trinajstić information content (AvgIpc) is 2.37. The topological polar surface area (TPSA) is 55.1 Å². The predicted octanol–water partition coefficient (Wildman–Crippen LogP) is 3.90. The van der Waals surface area contributed by atoms with Crippen LogP contribution in [-0.4, -0.2) is 5.91 Å². The minimum Gasteiger partial charge on any atom is -0.397 e. The van der Waals surface area contributed by atoms with Gasteiger partial charge in [0, 0.05) is 15.6 Å². The van der Waals surface area contributed by atoms with Crippen LogP contribution in [0.3, 0.4) is 0 Å².